The van der Waals surface area contributed by atoms with E-state index in [1.54, 1.807) is 19.1 Å². The van der Waals surface area contributed by atoms with Crippen molar-refractivity contribution in [2.24, 2.45) is 5.73 Å². The molecule has 0 saturated carbocycles. The molecule has 2 atom stereocenters. The van der Waals surface area contributed by atoms with Crippen molar-refractivity contribution in [1.29, 1.82) is 0 Å². The molecule has 1 amide bonds. The van der Waals surface area contributed by atoms with Crippen LogP contribution in [0.3, 0.4) is 0 Å². The first-order valence-electron chi connectivity index (χ1n) is 6.91. The number of halogens is 2. The van der Waals surface area contributed by atoms with Crippen LogP contribution in [0.25, 0.3) is 0 Å². The molecule has 0 heterocycles. The van der Waals surface area contributed by atoms with E-state index in [1.165, 1.54) is 0 Å². The molecule has 118 valence electrons. The Kier molecular flexibility index (Phi) is 6.78. The zero-order valence-electron chi connectivity index (χ0n) is 12.7. The van der Waals surface area contributed by atoms with Crippen LogP contribution in [0.5, 0.6) is 5.75 Å². The summed E-state index contributed by atoms with van der Waals surface area (Å²) >= 11 is 12.2. The summed E-state index contributed by atoms with van der Waals surface area (Å²) in [5.74, 6) is 0.271. The van der Waals surface area contributed by atoms with Crippen LogP contribution in [0.1, 0.15) is 33.3 Å². The predicted octanol–water partition coefficient (Wildman–Crippen LogP) is 3.18. The molecule has 21 heavy (non-hydrogen) atoms. The van der Waals surface area contributed by atoms with Crippen molar-refractivity contribution in [1.82, 2.24) is 5.32 Å². The first-order valence-corrected chi connectivity index (χ1v) is 7.66. The van der Waals surface area contributed by atoms with Crippen molar-refractivity contribution in [3.05, 3.63) is 27.7 Å². The average molecular weight is 333 g/mol. The molecule has 0 bridgehead atoms. The van der Waals surface area contributed by atoms with Crippen LogP contribution in [0, 0.1) is 0 Å². The Labute approximate surface area is 135 Å². The third-order valence-electron chi connectivity index (χ3n) is 2.72. The molecule has 4 nitrogen and oxygen atoms in total. The maximum absolute atomic E-state index is 11.9. The monoisotopic (exact) mass is 332 g/mol. The Balaban J connectivity index is 2.98. The molecule has 0 radical (unpaired) electrons. The van der Waals surface area contributed by atoms with Gasteiger partial charge in [0.2, 0.25) is 0 Å². The van der Waals surface area contributed by atoms with Gasteiger partial charge in [-0.15, -0.1) is 0 Å². The van der Waals surface area contributed by atoms with Crippen molar-refractivity contribution in [2.75, 3.05) is 0 Å². The van der Waals surface area contributed by atoms with Gasteiger partial charge in [-0.25, -0.2) is 0 Å². The van der Waals surface area contributed by atoms with E-state index in [1.807, 2.05) is 20.8 Å². The van der Waals surface area contributed by atoms with Gasteiger partial charge < -0.3 is 15.8 Å². The number of nitrogens with one attached hydrogen (secondary N) is 1. The van der Waals surface area contributed by atoms with E-state index in [2.05, 4.69) is 5.32 Å². The fourth-order valence-electron chi connectivity index (χ4n) is 1.88. The molecule has 0 spiro atoms. The molecule has 3 N–H and O–H groups in total. The smallest absolute Gasteiger partial charge is 0.260 e. The van der Waals surface area contributed by atoms with Gasteiger partial charge in [0.15, 0.2) is 6.10 Å². The number of rotatable bonds is 6. The molecule has 1 aromatic rings. The molecule has 2 unspecified atom stereocenters. The number of carbonyl (C=O) groups excluding carboxylic acids is 1. The van der Waals surface area contributed by atoms with Gasteiger partial charge in [-0.05, 0) is 51.8 Å². The fourth-order valence-corrected chi connectivity index (χ4v) is 2.46. The van der Waals surface area contributed by atoms with Gasteiger partial charge in [0.05, 0.1) is 5.02 Å². The minimum atomic E-state index is -0.655. The third kappa shape index (κ3) is 5.73. The molecule has 0 aromatic heterocycles. The van der Waals surface area contributed by atoms with Gasteiger partial charge >= 0.3 is 0 Å². The Morgan fingerprint density at radius 2 is 1.90 bits per heavy atom. The molecule has 0 aliphatic heterocycles. The highest BCUT2D eigenvalue weighted by molar-refractivity contribution is 6.35. The SMILES string of the molecule is CC(N)Cc1cc(Cl)cc(Cl)c1OC(C)C(=O)NC(C)C. The van der Waals surface area contributed by atoms with Crippen molar-refractivity contribution >= 4 is 29.1 Å². The van der Waals surface area contributed by atoms with Crippen LogP contribution >= 0.6 is 23.2 Å². The summed E-state index contributed by atoms with van der Waals surface area (Å²) in [5.41, 5.74) is 6.63. The highest BCUT2D eigenvalue weighted by Crippen LogP contribution is 2.33. The maximum Gasteiger partial charge on any atom is 0.260 e. The predicted molar refractivity (Wildman–Crippen MR) is 87.2 cm³/mol. The van der Waals surface area contributed by atoms with Crippen molar-refractivity contribution < 1.29 is 9.53 Å². The van der Waals surface area contributed by atoms with Gasteiger partial charge in [0.25, 0.3) is 5.91 Å². The van der Waals surface area contributed by atoms with Crippen molar-refractivity contribution in [2.45, 2.75) is 52.3 Å². The highest BCUT2D eigenvalue weighted by atomic mass is 35.5. The molecule has 0 saturated heterocycles. The lowest BCUT2D eigenvalue weighted by Gasteiger charge is -2.20. The summed E-state index contributed by atoms with van der Waals surface area (Å²) in [6.45, 7) is 7.34. The molecular weight excluding hydrogens is 311 g/mol. The van der Waals surface area contributed by atoms with E-state index >= 15 is 0 Å². The standard InChI is InChI=1S/C15H22Cl2N2O2/c1-8(2)19-15(20)10(4)21-14-11(5-9(3)18)6-12(16)7-13(14)17/h6-10H,5,18H2,1-4H3,(H,19,20). The van der Waals surface area contributed by atoms with E-state index < -0.39 is 6.10 Å². The maximum atomic E-state index is 11.9. The molecule has 1 rings (SSSR count). The lowest BCUT2D eigenvalue weighted by Crippen LogP contribution is -2.40. The minimum Gasteiger partial charge on any atom is -0.479 e. The van der Waals surface area contributed by atoms with E-state index in [9.17, 15) is 4.79 Å². The van der Waals surface area contributed by atoms with Crippen LogP contribution in [0.2, 0.25) is 10.0 Å². The van der Waals surface area contributed by atoms with Crippen molar-refractivity contribution in [3.63, 3.8) is 0 Å². The van der Waals surface area contributed by atoms with Gasteiger partial charge in [-0.1, -0.05) is 23.2 Å². The lowest BCUT2D eigenvalue weighted by atomic mass is 10.1. The number of ether oxygens (including phenoxy) is 1. The first kappa shape index (κ1) is 18.1. The first-order chi connectivity index (χ1) is 9.70. The van der Waals surface area contributed by atoms with Gasteiger partial charge in [0.1, 0.15) is 5.75 Å². The van der Waals surface area contributed by atoms with Crippen LogP contribution in [0.4, 0.5) is 0 Å². The van der Waals surface area contributed by atoms with Gasteiger partial charge in [0, 0.05) is 17.1 Å². The second kappa shape index (κ2) is 7.87. The van der Waals surface area contributed by atoms with E-state index in [-0.39, 0.29) is 18.0 Å². The Morgan fingerprint density at radius 1 is 1.29 bits per heavy atom. The van der Waals surface area contributed by atoms with E-state index in [0.717, 1.165) is 5.56 Å². The zero-order valence-corrected chi connectivity index (χ0v) is 14.3. The number of nitrogens with two attached hydrogens (primary N) is 1. The fraction of sp³-hybridized carbons (Fsp3) is 0.533. The molecule has 0 aliphatic rings. The summed E-state index contributed by atoms with van der Waals surface area (Å²) < 4.78 is 5.74. The molecule has 1 aromatic carbocycles. The molecular formula is C15H22Cl2N2O2. The lowest BCUT2D eigenvalue weighted by molar-refractivity contribution is -0.127. The minimum absolute atomic E-state index is 0.0489. The molecule has 0 fully saturated rings. The number of amides is 1. The molecule has 6 heteroatoms. The third-order valence-corrected chi connectivity index (χ3v) is 3.22. The average Bonchev–Trinajstić information content (AvgIpc) is 2.31. The Bertz CT molecular complexity index is 505. The van der Waals surface area contributed by atoms with Gasteiger partial charge in [-0.2, -0.15) is 0 Å². The number of hydrogen-bond acceptors (Lipinski definition) is 3. The zero-order chi connectivity index (χ0) is 16.2. The summed E-state index contributed by atoms with van der Waals surface area (Å²) in [6.07, 6.45) is -0.0911. The van der Waals surface area contributed by atoms with E-state index in [0.29, 0.717) is 22.2 Å². The van der Waals surface area contributed by atoms with Crippen LogP contribution in [0.15, 0.2) is 12.1 Å². The summed E-state index contributed by atoms with van der Waals surface area (Å²) in [6, 6.07) is 3.34. The Hall–Kier alpha value is -0.970. The van der Waals surface area contributed by atoms with Crippen LogP contribution in [-0.2, 0) is 11.2 Å². The van der Waals surface area contributed by atoms with Crippen LogP contribution in [-0.4, -0.2) is 24.1 Å². The van der Waals surface area contributed by atoms with Crippen molar-refractivity contribution in [3.8, 4) is 5.75 Å². The number of benzene rings is 1. The second-order valence-electron chi connectivity index (χ2n) is 5.48. The summed E-state index contributed by atoms with van der Waals surface area (Å²) in [7, 11) is 0. The summed E-state index contributed by atoms with van der Waals surface area (Å²) in [4.78, 5) is 11.9. The quantitative estimate of drug-likeness (QED) is 0.840. The largest absolute Gasteiger partial charge is 0.479 e. The van der Waals surface area contributed by atoms with E-state index in [4.69, 9.17) is 33.7 Å². The molecule has 0 aliphatic carbocycles. The highest BCUT2D eigenvalue weighted by Gasteiger charge is 2.20. The topological polar surface area (TPSA) is 64.3 Å². The second-order valence-corrected chi connectivity index (χ2v) is 6.32. The Morgan fingerprint density at radius 3 is 2.43 bits per heavy atom. The number of hydrogen-bond donors (Lipinski definition) is 2. The van der Waals surface area contributed by atoms with Gasteiger partial charge in [-0.3, -0.25) is 4.79 Å². The summed E-state index contributed by atoms with van der Waals surface area (Å²) in [5, 5.41) is 3.69. The number of carbonyl (C=O) groups is 1. The normalized spacial score (nSPS) is 13.9. The van der Waals surface area contributed by atoms with Crippen LogP contribution < -0.4 is 15.8 Å².